The maximum atomic E-state index is 6.13. The highest BCUT2D eigenvalue weighted by Crippen LogP contribution is 2.34. The standard InChI is InChI=1S/C17H21N3O/c18-15(12-6-7-12)10-16-19-17(20-21-16)14-8-5-11-3-1-2-4-13(11)9-14/h1-4,12,14-15H,5-10,18H2. The van der Waals surface area contributed by atoms with E-state index in [9.17, 15) is 0 Å². The SMILES string of the molecule is NC(Cc1nc(C2CCc3ccccc3C2)no1)C1CC1. The summed E-state index contributed by atoms with van der Waals surface area (Å²) in [4.78, 5) is 4.60. The van der Waals surface area contributed by atoms with E-state index in [0.29, 0.717) is 17.7 Å². The topological polar surface area (TPSA) is 64.9 Å². The minimum Gasteiger partial charge on any atom is -0.339 e. The molecule has 2 atom stereocenters. The van der Waals surface area contributed by atoms with Gasteiger partial charge in [0.2, 0.25) is 5.89 Å². The highest BCUT2D eigenvalue weighted by Gasteiger charge is 2.30. The molecular weight excluding hydrogens is 262 g/mol. The van der Waals surface area contributed by atoms with Gasteiger partial charge in [-0.05, 0) is 49.1 Å². The van der Waals surface area contributed by atoms with Gasteiger partial charge in [0, 0.05) is 18.4 Å². The number of fused-ring (bicyclic) bond motifs is 1. The first-order valence-corrected chi connectivity index (χ1v) is 7.94. The molecule has 1 heterocycles. The van der Waals surface area contributed by atoms with Gasteiger partial charge in [0.05, 0.1) is 0 Å². The van der Waals surface area contributed by atoms with Crippen LogP contribution < -0.4 is 5.73 Å². The van der Waals surface area contributed by atoms with Crippen LogP contribution in [0, 0.1) is 5.92 Å². The Hall–Kier alpha value is -1.68. The van der Waals surface area contributed by atoms with Crippen molar-refractivity contribution in [3.63, 3.8) is 0 Å². The number of benzene rings is 1. The molecule has 21 heavy (non-hydrogen) atoms. The van der Waals surface area contributed by atoms with Crippen molar-refractivity contribution >= 4 is 0 Å². The number of rotatable bonds is 4. The molecular formula is C17H21N3O. The molecule has 2 aliphatic carbocycles. The van der Waals surface area contributed by atoms with Crippen LogP contribution in [-0.4, -0.2) is 16.2 Å². The number of hydrogen-bond donors (Lipinski definition) is 1. The Morgan fingerprint density at radius 2 is 2.00 bits per heavy atom. The van der Waals surface area contributed by atoms with Gasteiger partial charge in [-0.1, -0.05) is 29.4 Å². The van der Waals surface area contributed by atoms with Crippen molar-refractivity contribution in [1.82, 2.24) is 10.1 Å². The van der Waals surface area contributed by atoms with E-state index >= 15 is 0 Å². The van der Waals surface area contributed by atoms with Crippen LogP contribution in [0.4, 0.5) is 0 Å². The van der Waals surface area contributed by atoms with E-state index in [4.69, 9.17) is 10.3 Å². The summed E-state index contributed by atoms with van der Waals surface area (Å²) >= 11 is 0. The normalized spacial score (nSPS) is 22.8. The molecule has 1 saturated carbocycles. The van der Waals surface area contributed by atoms with Crippen LogP contribution in [-0.2, 0) is 19.3 Å². The molecule has 0 bridgehead atoms. The molecule has 2 unspecified atom stereocenters. The Balaban J connectivity index is 1.46. The maximum Gasteiger partial charge on any atom is 0.228 e. The fourth-order valence-electron chi connectivity index (χ4n) is 3.33. The maximum absolute atomic E-state index is 6.13. The molecule has 0 amide bonds. The largest absolute Gasteiger partial charge is 0.339 e. The first kappa shape index (κ1) is 13.0. The summed E-state index contributed by atoms with van der Waals surface area (Å²) in [5, 5.41) is 4.20. The first-order chi connectivity index (χ1) is 10.3. The van der Waals surface area contributed by atoms with Crippen LogP contribution in [0.2, 0.25) is 0 Å². The highest BCUT2D eigenvalue weighted by molar-refractivity contribution is 5.31. The average Bonchev–Trinajstić information content (AvgIpc) is 3.27. The molecule has 110 valence electrons. The predicted octanol–water partition coefficient (Wildman–Crippen LogP) is 2.62. The minimum atomic E-state index is 0.186. The summed E-state index contributed by atoms with van der Waals surface area (Å²) < 4.78 is 5.41. The molecule has 1 aromatic carbocycles. The van der Waals surface area contributed by atoms with Crippen molar-refractivity contribution in [3.05, 3.63) is 47.1 Å². The molecule has 0 aliphatic heterocycles. The summed E-state index contributed by atoms with van der Waals surface area (Å²) in [5.74, 6) is 2.63. The molecule has 2 aromatic rings. The van der Waals surface area contributed by atoms with Gasteiger partial charge in [-0.3, -0.25) is 0 Å². The van der Waals surface area contributed by atoms with Crippen molar-refractivity contribution in [1.29, 1.82) is 0 Å². The molecule has 4 heteroatoms. The van der Waals surface area contributed by atoms with Crippen molar-refractivity contribution in [2.45, 2.75) is 50.5 Å². The number of hydrogen-bond acceptors (Lipinski definition) is 4. The third-order valence-electron chi connectivity index (χ3n) is 4.83. The van der Waals surface area contributed by atoms with Crippen LogP contribution >= 0.6 is 0 Å². The second-order valence-electron chi connectivity index (χ2n) is 6.46. The third-order valence-corrected chi connectivity index (χ3v) is 4.83. The fourth-order valence-corrected chi connectivity index (χ4v) is 3.33. The van der Waals surface area contributed by atoms with E-state index in [0.717, 1.165) is 31.5 Å². The summed E-state index contributed by atoms with van der Waals surface area (Å²) in [6.45, 7) is 0. The Bertz CT molecular complexity index is 632. The molecule has 0 spiro atoms. The van der Waals surface area contributed by atoms with E-state index in [-0.39, 0.29) is 6.04 Å². The van der Waals surface area contributed by atoms with Crippen molar-refractivity contribution in [2.75, 3.05) is 0 Å². The van der Waals surface area contributed by atoms with Crippen LogP contribution in [0.25, 0.3) is 0 Å². The lowest BCUT2D eigenvalue weighted by molar-refractivity contribution is 0.354. The van der Waals surface area contributed by atoms with Gasteiger partial charge in [0.1, 0.15) is 0 Å². The Kier molecular flexibility index (Phi) is 3.26. The fraction of sp³-hybridized carbons (Fsp3) is 0.529. The third kappa shape index (κ3) is 2.72. The van der Waals surface area contributed by atoms with E-state index < -0.39 is 0 Å². The Morgan fingerprint density at radius 3 is 2.81 bits per heavy atom. The lowest BCUT2D eigenvalue weighted by Crippen LogP contribution is -2.25. The van der Waals surface area contributed by atoms with E-state index in [1.54, 1.807) is 0 Å². The lowest BCUT2D eigenvalue weighted by Gasteiger charge is -2.21. The van der Waals surface area contributed by atoms with Gasteiger partial charge in [-0.15, -0.1) is 0 Å². The van der Waals surface area contributed by atoms with Crippen molar-refractivity contribution < 1.29 is 4.52 Å². The number of aryl methyl sites for hydroxylation is 1. The molecule has 2 aliphatic rings. The molecule has 0 saturated heterocycles. The Labute approximate surface area is 124 Å². The summed E-state index contributed by atoms with van der Waals surface area (Å²) in [6.07, 6.45) is 6.45. The van der Waals surface area contributed by atoms with Gasteiger partial charge >= 0.3 is 0 Å². The van der Waals surface area contributed by atoms with E-state index in [2.05, 4.69) is 34.4 Å². The molecule has 1 aromatic heterocycles. The molecule has 1 fully saturated rings. The van der Waals surface area contributed by atoms with Gasteiger partial charge in [0.25, 0.3) is 0 Å². The zero-order valence-electron chi connectivity index (χ0n) is 12.2. The average molecular weight is 283 g/mol. The predicted molar refractivity (Wildman–Crippen MR) is 79.9 cm³/mol. The molecule has 4 nitrogen and oxygen atoms in total. The molecule has 2 N–H and O–H groups in total. The molecule has 4 rings (SSSR count). The Morgan fingerprint density at radius 1 is 1.19 bits per heavy atom. The van der Waals surface area contributed by atoms with E-state index in [1.807, 2.05) is 0 Å². The van der Waals surface area contributed by atoms with E-state index in [1.165, 1.54) is 24.0 Å². The summed E-state index contributed by atoms with van der Waals surface area (Å²) in [7, 11) is 0. The zero-order valence-corrected chi connectivity index (χ0v) is 12.2. The highest BCUT2D eigenvalue weighted by atomic mass is 16.5. The van der Waals surface area contributed by atoms with Crippen LogP contribution in [0.5, 0.6) is 0 Å². The quantitative estimate of drug-likeness (QED) is 0.936. The van der Waals surface area contributed by atoms with Crippen LogP contribution in [0.3, 0.4) is 0 Å². The van der Waals surface area contributed by atoms with Crippen LogP contribution in [0.15, 0.2) is 28.8 Å². The summed E-state index contributed by atoms with van der Waals surface area (Å²) in [5.41, 5.74) is 9.03. The lowest BCUT2D eigenvalue weighted by atomic mass is 9.83. The second kappa shape index (κ2) is 5.26. The van der Waals surface area contributed by atoms with Crippen molar-refractivity contribution in [2.24, 2.45) is 11.7 Å². The monoisotopic (exact) mass is 283 g/mol. The van der Waals surface area contributed by atoms with Gasteiger partial charge < -0.3 is 10.3 Å². The van der Waals surface area contributed by atoms with Gasteiger partial charge in [0.15, 0.2) is 5.82 Å². The van der Waals surface area contributed by atoms with Gasteiger partial charge in [-0.25, -0.2) is 0 Å². The number of nitrogens with two attached hydrogens (primary N) is 1. The second-order valence-corrected chi connectivity index (χ2v) is 6.46. The molecule has 0 radical (unpaired) electrons. The van der Waals surface area contributed by atoms with Crippen molar-refractivity contribution in [3.8, 4) is 0 Å². The smallest absolute Gasteiger partial charge is 0.228 e. The number of aromatic nitrogens is 2. The first-order valence-electron chi connectivity index (χ1n) is 7.94. The summed E-state index contributed by atoms with van der Waals surface area (Å²) in [6, 6.07) is 8.85. The zero-order chi connectivity index (χ0) is 14.2. The minimum absolute atomic E-state index is 0.186. The van der Waals surface area contributed by atoms with Crippen LogP contribution in [0.1, 0.15) is 48.0 Å². The van der Waals surface area contributed by atoms with Gasteiger partial charge in [-0.2, -0.15) is 4.98 Å². The number of nitrogens with zero attached hydrogens (tertiary/aromatic N) is 2.